The van der Waals surface area contributed by atoms with Crippen LogP contribution in [-0.4, -0.2) is 6.61 Å². The van der Waals surface area contributed by atoms with Crippen molar-refractivity contribution in [2.75, 3.05) is 6.61 Å². The second-order valence-electron chi connectivity index (χ2n) is 8.85. The van der Waals surface area contributed by atoms with Crippen molar-refractivity contribution < 1.29 is 4.74 Å². The predicted octanol–water partition coefficient (Wildman–Crippen LogP) is 7.59. The number of hydrogen-bond acceptors (Lipinski definition) is 1. The molecule has 0 radical (unpaired) electrons. The van der Waals surface area contributed by atoms with Gasteiger partial charge in [0.15, 0.2) is 0 Å². The smallest absolute Gasteiger partial charge is 0.119 e. The van der Waals surface area contributed by atoms with E-state index in [0.717, 1.165) is 5.75 Å². The molecule has 3 saturated carbocycles. The van der Waals surface area contributed by atoms with Crippen LogP contribution >= 0.6 is 0 Å². The SMILES string of the molecule is C/C=C/COc1ccc(C23CCC(CCCCCCC)(CC2)CC3)cc1. The molecule has 0 N–H and O–H groups in total. The van der Waals surface area contributed by atoms with Crippen molar-refractivity contribution in [2.24, 2.45) is 5.41 Å². The Labute approximate surface area is 161 Å². The molecule has 1 aromatic rings. The zero-order chi connectivity index (χ0) is 18.3. The average Bonchev–Trinajstić information content (AvgIpc) is 2.70. The van der Waals surface area contributed by atoms with Gasteiger partial charge in [0.1, 0.15) is 12.4 Å². The predicted molar refractivity (Wildman–Crippen MR) is 112 cm³/mol. The lowest BCUT2D eigenvalue weighted by Crippen LogP contribution is -2.44. The maximum Gasteiger partial charge on any atom is 0.119 e. The molecule has 0 spiro atoms. The first-order valence-corrected chi connectivity index (χ1v) is 11.1. The molecular formula is C25H38O. The lowest BCUT2D eigenvalue weighted by molar-refractivity contribution is 0.0304. The zero-order valence-electron chi connectivity index (χ0n) is 17.1. The molecule has 1 aromatic carbocycles. The second kappa shape index (κ2) is 9.11. The van der Waals surface area contributed by atoms with E-state index < -0.39 is 0 Å². The number of benzene rings is 1. The number of unbranched alkanes of at least 4 members (excludes halogenated alkanes) is 4. The minimum absolute atomic E-state index is 0.464. The first-order chi connectivity index (χ1) is 12.7. The van der Waals surface area contributed by atoms with E-state index in [0.29, 0.717) is 17.4 Å². The van der Waals surface area contributed by atoms with Crippen LogP contribution in [-0.2, 0) is 5.41 Å². The molecule has 4 rings (SSSR count). The minimum atomic E-state index is 0.464. The van der Waals surface area contributed by atoms with Crippen LogP contribution in [0.3, 0.4) is 0 Å². The van der Waals surface area contributed by atoms with Crippen LogP contribution in [0, 0.1) is 5.41 Å². The third kappa shape index (κ3) is 4.53. The monoisotopic (exact) mass is 354 g/mol. The third-order valence-electron chi connectivity index (χ3n) is 7.26. The number of rotatable bonds is 10. The molecule has 3 aliphatic carbocycles. The summed E-state index contributed by atoms with van der Waals surface area (Å²) < 4.78 is 5.77. The van der Waals surface area contributed by atoms with Crippen LogP contribution in [0.25, 0.3) is 0 Å². The lowest BCUT2D eigenvalue weighted by Gasteiger charge is -2.54. The van der Waals surface area contributed by atoms with Gasteiger partial charge < -0.3 is 4.74 Å². The molecule has 1 nitrogen and oxygen atoms in total. The number of hydrogen-bond donors (Lipinski definition) is 0. The molecule has 0 atom stereocenters. The first kappa shape index (κ1) is 19.5. The van der Waals surface area contributed by atoms with Gasteiger partial charge in [-0.1, -0.05) is 63.3 Å². The fourth-order valence-corrected chi connectivity index (χ4v) is 5.32. The summed E-state index contributed by atoms with van der Waals surface area (Å²) in [7, 11) is 0. The van der Waals surface area contributed by atoms with Gasteiger partial charge in [-0.3, -0.25) is 0 Å². The van der Waals surface area contributed by atoms with E-state index in [1.807, 2.05) is 13.0 Å². The Morgan fingerprint density at radius 2 is 1.54 bits per heavy atom. The summed E-state index contributed by atoms with van der Waals surface area (Å²) in [5.74, 6) is 0.997. The Bertz CT molecular complexity index is 544. The average molecular weight is 355 g/mol. The van der Waals surface area contributed by atoms with Crippen molar-refractivity contribution in [1.29, 1.82) is 0 Å². The Hall–Kier alpha value is -1.24. The summed E-state index contributed by atoms with van der Waals surface area (Å²) in [4.78, 5) is 0. The Morgan fingerprint density at radius 1 is 0.885 bits per heavy atom. The number of ether oxygens (including phenoxy) is 1. The normalized spacial score (nSPS) is 27.9. The second-order valence-corrected chi connectivity index (χ2v) is 8.85. The molecule has 3 fully saturated rings. The van der Waals surface area contributed by atoms with Crippen LogP contribution in [0.5, 0.6) is 5.75 Å². The van der Waals surface area contributed by atoms with Gasteiger partial charge >= 0.3 is 0 Å². The maximum absolute atomic E-state index is 5.77. The topological polar surface area (TPSA) is 9.23 Å². The largest absolute Gasteiger partial charge is 0.490 e. The molecule has 144 valence electrons. The summed E-state index contributed by atoms with van der Waals surface area (Å²) in [6, 6.07) is 9.04. The Balaban J connectivity index is 1.52. The van der Waals surface area contributed by atoms with Crippen LogP contribution in [0.1, 0.15) is 96.5 Å². The summed E-state index contributed by atoms with van der Waals surface area (Å²) in [5, 5.41) is 0. The van der Waals surface area contributed by atoms with Gasteiger partial charge in [-0.05, 0) is 80.4 Å². The fraction of sp³-hybridized carbons (Fsp3) is 0.680. The molecule has 0 saturated heterocycles. The highest BCUT2D eigenvalue weighted by molar-refractivity contribution is 5.34. The maximum atomic E-state index is 5.77. The van der Waals surface area contributed by atoms with Crippen molar-refractivity contribution in [2.45, 2.75) is 96.3 Å². The lowest BCUT2D eigenvalue weighted by atomic mass is 9.51. The highest BCUT2D eigenvalue weighted by Gasteiger charge is 2.48. The highest BCUT2D eigenvalue weighted by Crippen LogP contribution is 2.59. The van der Waals surface area contributed by atoms with E-state index in [4.69, 9.17) is 4.74 Å². The van der Waals surface area contributed by atoms with Gasteiger partial charge in [-0.15, -0.1) is 0 Å². The summed E-state index contributed by atoms with van der Waals surface area (Å²) >= 11 is 0. The van der Waals surface area contributed by atoms with E-state index in [9.17, 15) is 0 Å². The quantitative estimate of drug-likeness (QED) is 0.310. The minimum Gasteiger partial charge on any atom is -0.490 e. The Kier molecular flexibility index (Phi) is 6.84. The van der Waals surface area contributed by atoms with Crippen molar-refractivity contribution >= 4 is 0 Å². The standard InChI is InChI=1S/C25H38O/c1-3-5-7-8-9-14-24-15-18-25(19-16-24,20-17-24)22-10-12-23(13-11-22)26-21-6-4-2/h4,6,10-13H,3,5,7-9,14-21H2,1-2H3/b6-4+. The molecule has 1 heteroatoms. The van der Waals surface area contributed by atoms with E-state index >= 15 is 0 Å². The van der Waals surface area contributed by atoms with E-state index in [2.05, 4.69) is 37.3 Å². The van der Waals surface area contributed by atoms with Crippen molar-refractivity contribution in [3.05, 3.63) is 42.0 Å². The third-order valence-corrected chi connectivity index (χ3v) is 7.26. The van der Waals surface area contributed by atoms with E-state index in [-0.39, 0.29) is 0 Å². The molecular weight excluding hydrogens is 316 g/mol. The van der Waals surface area contributed by atoms with Gasteiger partial charge in [0.05, 0.1) is 0 Å². The van der Waals surface area contributed by atoms with Crippen molar-refractivity contribution in [3.63, 3.8) is 0 Å². The molecule has 2 bridgehead atoms. The van der Waals surface area contributed by atoms with Crippen molar-refractivity contribution in [1.82, 2.24) is 0 Å². The van der Waals surface area contributed by atoms with E-state index in [1.54, 1.807) is 5.56 Å². The number of fused-ring (bicyclic) bond motifs is 3. The van der Waals surface area contributed by atoms with Crippen LogP contribution in [0.2, 0.25) is 0 Å². The Morgan fingerprint density at radius 3 is 2.15 bits per heavy atom. The van der Waals surface area contributed by atoms with Crippen LogP contribution < -0.4 is 4.74 Å². The molecule has 3 aliphatic rings. The van der Waals surface area contributed by atoms with Crippen LogP contribution in [0.15, 0.2) is 36.4 Å². The molecule has 0 aliphatic heterocycles. The summed E-state index contributed by atoms with van der Waals surface area (Å²) in [5.41, 5.74) is 2.72. The first-order valence-electron chi connectivity index (χ1n) is 11.1. The molecule has 0 aromatic heterocycles. The molecule has 26 heavy (non-hydrogen) atoms. The summed E-state index contributed by atoms with van der Waals surface area (Å²) in [6.07, 6.45) is 21.3. The number of allylic oxidation sites excluding steroid dienone is 1. The molecule has 0 heterocycles. The summed E-state index contributed by atoms with van der Waals surface area (Å²) in [6.45, 7) is 5.01. The van der Waals surface area contributed by atoms with Gasteiger partial charge in [0, 0.05) is 0 Å². The van der Waals surface area contributed by atoms with Gasteiger partial charge in [0.25, 0.3) is 0 Å². The van der Waals surface area contributed by atoms with Gasteiger partial charge in [0.2, 0.25) is 0 Å². The van der Waals surface area contributed by atoms with Crippen LogP contribution in [0.4, 0.5) is 0 Å². The zero-order valence-corrected chi connectivity index (χ0v) is 17.1. The molecule has 0 amide bonds. The van der Waals surface area contributed by atoms with Crippen molar-refractivity contribution in [3.8, 4) is 5.75 Å². The van der Waals surface area contributed by atoms with Gasteiger partial charge in [-0.25, -0.2) is 0 Å². The van der Waals surface area contributed by atoms with Gasteiger partial charge in [-0.2, -0.15) is 0 Å². The van der Waals surface area contributed by atoms with E-state index in [1.165, 1.54) is 77.0 Å². The fourth-order valence-electron chi connectivity index (χ4n) is 5.32. The highest BCUT2D eigenvalue weighted by atomic mass is 16.5. The molecule has 0 unspecified atom stereocenters.